The predicted octanol–water partition coefficient (Wildman–Crippen LogP) is 2.73. The van der Waals surface area contributed by atoms with Gasteiger partial charge in [0, 0.05) is 11.1 Å². The van der Waals surface area contributed by atoms with Crippen LogP contribution in [0.25, 0.3) is 21.3 Å². The number of carboxylic acids is 1. The van der Waals surface area contributed by atoms with E-state index in [2.05, 4.69) is 10.0 Å². The molecule has 1 aromatic carbocycles. The average Bonchev–Trinajstić information content (AvgIpc) is 2.47. The van der Waals surface area contributed by atoms with E-state index in [0.717, 1.165) is 6.07 Å². The second kappa shape index (κ2) is 4.74. The maximum atomic E-state index is 14.1. The fraction of sp³-hybridized carbons (Fsp3) is 0.231. The first kappa shape index (κ1) is 13.9. The van der Waals surface area contributed by atoms with Crippen LogP contribution in [0.3, 0.4) is 0 Å². The molecule has 1 unspecified atom stereocenters. The number of hydrogen-bond acceptors (Lipinski definition) is 4. The third kappa shape index (κ3) is 1.80. The van der Waals surface area contributed by atoms with E-state index in [-0.39, 0.29) is 35.0 Å². The van der Waals surface area contributed by atoms with Crippen molar-refractivity contribution in [1.29, 1.82) is 0 Å². The van der Waals surface area contributed by atoms with Crippen molar-refractivity contribution in [1.82, 2.24) is 4.57 Å². The van der Waals surface area contributed by atoms with Crippen molar-refractivity contribution in [3.8, 4) is 5.75 Å². The zero-order valence-electron chi connectivity index (χ0n) is 11.3. The molecule has 2 heterocycles. The van der Waals surface area contributed by atoms with E-state index in [1.165, 1.54) is 10.8 Å². The lowest BCUT2D eigenvalue weighted by Gasteiger charge is -2.27. The Morgan fingerprint density at radius 2 is 2.36 bits per heavy atom. The van der Waals surface area contributed by atoms with E-state index in [1.54, 1.807) is 6.92 Å². The Kier molecular flexibility index (Phi) is 3.00. The van der Waals surface area contributed by atoms with Crippen LogP contribution in [0.15, 0.2) is 22.2 Å². The largest absolute Gasteiger partial charge is 0.489 e. The lowest BCUT2D eigenvalue weighted by molar-refractivity contribution is 0.0694. The van der Waals surface area contributed by atoms with Gasteiger partial charge in [-0.3, -0.25) is 4.79 Å². The van der Waals surface area contributed by atoms with Gasteiger partial charge in [-0.15, -0.1) is 0 Å². The SMILES string of the molecule is CC1COc2c(N=[N+]=[N-])c(F)cc3c(=O)c(C(=O)O)cn1c23. The summed E-state index contributed by atoms with van der Waals surface area (Å²) in [7, 11) is 0. The van der Waals surface area contributed by atoms with Crippen molar-refractivity contribution in [3.05, 3.63) is 44.3 Å². The summed E-state index contributed by atoms with van der Waals surface area (Å²) in [6.45, 7) is 1.89. The number of rotatable bonds is 2. The quantitative estimate of drug-likeness (QED) is 0.521. The zero-order chi connectivity index (χ0) is 16.0. The van der Waals surface area contributed by atoms with Crippen LogP contribution in [0.2, 0.25) is 0 Å². The highest BCUT2D eigenvalue weighted by molar-refractivity contribution is 5.96. The first-order valence-corrected chi connectivity index (χ1v) is 6.28. The number of aromatic carboxylic acids is 1. The first-order valence-electron chi connectivity index (χ1n) is 6.28. The maximum Gasteiger partial charge on any atom is 0.341 e. The number of halogens is 1. The highest BCUT2D eigenvalue weighted by Gasteiger charge is 2.27. The number of hydrogen-bond donors (Lipinski definition) is 1. The molecule has 0 radical (unpaired) electrons. The summed E-state index contributed by atoms with van der Waals surface area (Å²) in [5.74, 6) is -2.39. The second-order valence-electron chi connectivity index (χ2n) is 4.87. The molecule has 0 saturated carbocycles. The number of azide groups is 1. The average molecular weight is 304 g/mol. The van der Waals surface area contributed by atoms with E-state index in [1.807, 2.05) is 0 Å². The van der Waals surface area contributed by atoms with E-state index < -0.39 is 22.8 Å². The van der Waals surface area contributed by atoms with Crippen molar-refractivity contribution in [2.45, 2.75) is 13.0 Å². The third-order valence-electron chi connectivity index (χ3n) is 3.52. The Hall–Kier alpha value is -3.06. The van der Waals surface area contributed by atoms with E-state index >= 15 is 0 Å². The van der Waals surface area contributed by atoms with Gasteiger partial charge in [0.25, 0.3) is 0 Å². The van der Waals surface area contributed by atoms with Crippen LogP contribution in [0.5, 0.6) is 5.75 Å². The summed E-state index contributed by atoms with van der Waals surface area (Å²) in [6.07, 6.45) is 1.20. The summed E-state index contributed by atoms with van der Waals surface area (Å²) >= 11 is 0. The van der Waals surface area contributed by atoms with E-state index in [0.29, 0.717) is 0 Å². The molecule has 112 valence electrons. The third-order valence-corrected chi connectivity index (χ3v) is 3.52. The van der Waals surface area contributed by atoms with Gasteiger partial charge in [-0.2, -0.15) is 0 Å². The number of benzene rings is 1. The molecule has 2 aromatic rings. The van der Waals surface area contributed by atoms with Crippen LogP contribution in [-0.2, 0) is 0 Å². The summed E-state index contributed by atoms with van der Waals surface area (Å²) in [5, 5.41) is 12.3. The molecular formula is C13H9FN4O4. The molecule has 0 saturated heterocycles. The molecule has 0 spiro atoms. The summed E-state index contributed by atoms with van der Waals surface area (Å²) < 4.78 is 21.0. The Morgan fingerprint density at radius 3 is 3.00 bits per heavy atom. The number of ether oxygens (including phenoxy) is 1. The molecule has 8 nitrogen and oxygen atoms in total. The topological polar surface area (TPSA) is 117 Å². The molecule has 0 amide bonds. The van der Waals surface area contributed by atoms with Gasteiger partial charge in [-0.1, -0.05) is 5.11 Å². The number of carboxylic acid groups (broad SMARTS) is 1. The Labute approximate surface area is 122 Å². The number of aromatic nitrogens is 1. The fourth-order valence-corrected chi connectivity index (χ4v) is 2.50. The normalized spacial score (nSPS) is 16.0. The maximum absolute atomic E-state index is 14.1. The van der Waals surface area contributed by atoms with Crippen LogP contribution in [0.1, 0.15) is 23.3 Å². The van der Waals surface area contributed by atoms with Crippen molar-refractivity contribution < 1.29 is 19.0 Å². The Morgan fingerprint density at radius 1 is 1.64 bits per heavy atom. The minimum Gasteiger partial charge on any atom is -0.489 e. The minimum absolute atomic E-state index is 0.0556. The molecular weight excluding hydrogens is 295 g/mol. The Bertz CT molecular complexity index is 930. The van der Waals surface area contributed by atoms with E-state index in [4.69, 9.17) is 15.4 Å². The highest BCUT2D eigenvalue weighted by Crippen LogP contribution is 2.41. The molecule has 9 heteroatoms. The van der Waals surface area contributed by atoms with Gasteiger partial charge in [0.1, 0.15) is 23.7 Å². The van der Waals surface area contributed by atoms with Crippen molar-refractivity contribution in [2.24, 2.45) is 5.11 Å². The molecule has 1 N–H and O–H groups in total. The standard InChI is InChI=1S/C13H9FN4O4/c1-5-4-22-12-9(16-17-15)8(14)2-6-10(12)18(5)3-7(11(6)19)13(20)21/h2-3,5H,4H2,1H3,(H,20,21). The number of carbonyl (C=O) groups is 1. The molecule has 0 bridgehead atoms. The summed E-state index contributed by atoms with van der Waals surface area (Å²) in [4.78, 5) is 26.0. The number of nitrogens with zero attached hydrogens (tertiary/aromatic N) is 4. The number of pyridine rings is 1. The molecule has 1 aliphatic heterocycles. The van der Waals surface area contributed by atoms with Crippen molar-refractivity contribution in [2.75, 3.05) is 6.61 Å². The van der Waals surface area contributed by atoms with Crippen molar-refractivity contribution >= 4 is 22.6 Å². The van der Waals surface area contributed by atoms with Gasteiger partial charge < -0.3 is 14.4 Å². The molecule has 3 rings (SSSR count). The molecule has 22 heavy (non-hydrogen) atoms. The van der Waals surface area contributed by atoms with Crippen LogP contribution in [-0.4, -0.2) is 22.2 Å². The summed E-state index contributed by atoms with van der Waals surface area (Å²) in [5.41, 5.74) is 7.14. The van der Waals surface area contributed by atoms with Gasteiger partial charge in [-0.05, 0) is 18.5 Å². The van der Waals surface area contributed by atoms with Gasteiger partial charge in [0.2, 0.25) is 5.43 Å². The minimum atomic E-state index is -1.39. The van der Waals surface area contributed by atoms with Gasteiger partial charge in [0.15, 0.2) is 5.75 Å². The smallest absolute Gasteiger partial charge is 0.341 e. The lowest BCUT2D eigenvalue weighted by Crippen LogP contribution is -2.26. The van der Waals surface area contributed by atoms with Gasteiger partial charge in [-0.25, -0.2) is 9.18 Å². The molecule has 1 aliphatic rings. The molecule has 0 aliphatic carbocycles. The van der Waals surface area contributed by atoms with Crippen molar-refractivity contribution in [3.63, 3.8) is 0 Å². The van der Waals surface area contributed by atoms with Crippen LogP contribution >= 0.6 is 0 Å². The molecule has 0 fully saturated rings. The summed E-state index contributed by atoms with van der Waals surface area (Å²) in [6, 6.07) is 0.605. The molecule has 1 aromatic heterocycles. The van der Waals surface area contributed by atoms with Crippen LogP contribution in [0, 0.1) is 5.82 Å². The monoisotopic (exact) mass is 304 g/mol. The molecule has 1 atom stereocenters. The Balaban J connectivity index is 2.57. The zero-order valence-corrected chi connectivity index (χ0v) is 11.3. The van der Waals surface area contributed by atoms with Crippen LogP contribution < -0.4 is 10.2 Å². The van der Waals surface area contributed by atoms with E-state index in [9.17, 15) is 14.0 Å². The predicted molar refractivity (Wildman–Crippen MR) is 74.1 cm³/mol. The highest BCUT2D eigenvalue weighted by atomic mass is 19.1. The van der Waals surface area contributed by atoms with Gasteiger partial charge >= 0.3 is 5.97 Å². The van der Waals surface area contributed by atoms with Crippen LogP contribution in [0.4, 0.5) is 10.1 Å². The fourth-order valence-electron chi connectivity index (χ4n) is 2.50. The van der Waals surface area contributed by atoms with Gasteiger partial charge in [0.05, 0.1) is 16.9 Å². The lowest BCUT2D eigenvalue weighted by atomic mass is 10.1. The second-order valence-corrected chi connectivity index (χ2v) is 4.87. The first-order chi connectivity index (χ1) is 10.5.